The Morgan fingerprint density at radius 1 is 0.443 bits per heavy atom. The lowest BCUT2D eigenvalue weighted by atomic mass is 10.0. The SMILES string of the molecule is CCCCCCC/C=C\C/C=C\C/C=C\CCCCCCCCCCCCCCC(=O)NC(COP(=O)([O-])OCC[N+](C)(C)C)C(O)CCCCCCCCCCCCCCCCCCCCCCCCCCCCCCCC. The van der Waals surface area contributed by atoms with Gasteiger partial charge >= 0.3 is 0 Å². The van der Waals surface area contributed by atoms with E-state index in [2.05, 4.69) is 55.6 Å². The first-order chi connectivity index (χ1) is 38.5. The molecule has 8 nitrogen and oxygen atoms in total. The molecule has 0 aromatic heterocycles. The summed E-state index contributed by atoms with van der Waals surface area (Å²) in [6.45, 7) is 4.76. The van der Waals surface area contributed by atoms with E-state index in [0.29, 0.717) is 23.9 Å². The van der Waals surface area contributed by atoms with Gasteiger partial charge in [-0.15, -0.1) is 0 Å². The van der Waals surface area contributed by atoms with Gasteiger partial charge in [0.1, 0.15) is 13.2 Å². The minimum atomic E-state index is -4.58. The molecule has 0 fully saturated rings. The summed E-state index contributed by atoms with van der Waals surface area (Å²) in [6.07, 6.45) is 80.7. The molecule has 0 aromatic carbocycles. The van der Waals surface area contributed by atoms with Gasteiger partial charge in [0.25, 0.3) is 7.82 Å². The second-order valence-corrected chi connectivity index (χ2v) is 26.7. The Balaban J connectivity index is 4.03. The van der Waals surface area contributed by atoms with Crippen LogP contribution >= 0.6 is 7.82 Å². The summed E-state index contributed by atoms with van der Waals surface area (Å²) in [5.74, 6) is -0.161. The summed E-state index contributed by atoms with van der Waals surface area (Å²) in [5, 5.41) is 14.1. The number of amides is 1. The molecule has 1 amide bonds. The number of phosphoric acid groups is 1. The average molecular weight is 1130 g/mol. The summed E-state index contributed by atoms with van der Waals surface area (Å²) < 4.78 is 23.5. The number of likely N-dealkylation sites (N-methyl/N-ethyl adjacent to an activating group) is 1. The van der Waals surface area contributed by atoms with Crippen LogP contribution in [0.3, 0.4) is 0 Å². The van der Waals surface area contributed by atoms with Crippen molar-refractivity contribution in [3.8, 4) is 0 Å². The van der Waals surface area contributed by atoms with Crippen LogP contribution in [0.5, 0.6) is 0 Å². The lowest BCUT2D eigenvalue weighted by Crippen LogP contribution is -2.46. The molecule has 3 unspecified atom stereocenters. The lowest BCUT2D eigenvalue weighted by molar-refractivity contribution is -0.870. The number of quaternary nitrogens is 1. The molecule has 0 spiro atoms. The molecule has 468 valence electrons. The highest BCUT2D eigenvalue weighted by Gasteiger charge is 2.24. The van der Waals surface area contributed by atoms with E-state index in [1.807, 2.05) is 21.1 Å². The number of phosphoric ester groups is 1. The predicted octanol–water partition coefficient (Wildman–Crippen LogP) is 21.4. The molecule has 0 aromatic rings. The maximum Gasteiger partial charge on any atom is 0.268 e. The van der Waals surface area contributed by atoms with Crippen molar-refractivity contribution in [1.82, 2.24) is 5.32 Å². The van der Waals surface area contributed by atoms with Gasteiger partial charge in [-0.3, -0.25) is 9.36 Å². The minimum absolute atomic E-state index is 0.0126. The topological polar surface area (TPSA) is 108 Å². The number of carbonyl (C=O) groups excluding carboxylic acids is 1. The Bertz CT molecular complexity index is 1380. The van der Waals surface area contributed by atoms with Gasteiger partial charge < -0.3 is 28.8 Å². The van der Waals surface area contributed by atoms with E-state index in [1.54, 1.807) is 0 Å². The van der Waals surface area contributed by atoms with Crippen molar-refractivity contribution in [2.24, 2.45) is 0 Å². The second kappa shape index (κ2) is 61.3. The molecule has 79 heavy (non-hydrogen) atoms. The van der Waals surface area contributed by atoms with Crippen molar-refractivity contribution >= 4 is 13.7 Å². The summed E-state index contributed by atoms with van der Waals surface area (Å²) in [5.41, 5.74) is 0. The zero-order chi connectivity index (χ0) is 57.7. The molecule has 2 N–H and O–H groups in total. The van der Waals surface area contributed by atoms with E-state index in [4.69, 9.17) is 9.05 Å². The number of aliphatic hydroxyl groups is 1. The third-order valence-electron chi connectivity index (χ3n) is 16.1. The van der Waals surface area contributed by atoms with Crippen LogP contribution in [-0.2, 0) is 18.4 Å². The number of aliphatic hydroxyl groups excluding tert-OH is 1. The van der Waals surface area contributed by atoms with Crippen LogP contribution in [0.1, 0.15) is 354 Å². The van der Waals surface area contributed by atoms with Gasteiger partial charge in [-0.1, -0.05) is 333 Å². The number of hydrogen-bond donors (Lipinski definition) is 2. The van der Waals surface area contributed by atoms with Crippen molar-refractivity contribution < 1.29 is 32.9 Å². The minimum Gasteiger partial charge on any atom is -0.756 e. The van der Waals surface area contributed by atoms with Crippen LogP contribution in [0.4, 0.5) is 0 Å². The van der Waals surface area contributed by atoms with Gasteiger partial charge in [0.15, 0.2) is 0 Å². The van der Waals surface area contributed by atoms with Crippen molar-refractivity contribution in [2.75, 3.05) is 40.9 Å². The van der Waals surface area contributed by atoms with Crippen LogP contribution in [0.2, 0.25) is 0 Å². The van der Waals surface area contributed by atoms with E-state index in [1.165, 1.54) is 276 Å². The van der Waals surface area contributed by atoms with E-state index in [0.717, 1.165) is 51.4 Å². The van der Waals surface area contributed by atoms with Crippen LogP contribution in [-0.4, -0.2) is 68.5 Å². The van der Waals surface area contributed by atoms with Gasteiger partial charge in [-0.05, 0) is 51.4 Å². The summed E-state index contributed by atoms with van der Waals surface area (Å²) in [4.78, 5) is 25.7. The molecule has 9 heteroatoms. The average Bonchev–Trinajstić information content (AvgIpc) is 3.42. The van der Waals surface area contributed by atoms with Gasteiger partial charge in [0, 0.05) is 6.42 Å². The Kier molecular flexibility index (Phi) is 60.3. The van der Waals surface area contributed by atoms with E-state index in [9.17, 15) is 19.4 Å². The molecular weight excluding hydrogens is 996 g/mol. The first kappa shape index (κ1) is 77.7. The molecule has 0 bridgehead atoms. The van der Waals surface area contributed by atoms with Gasteiger partial charge in [-0.25, -0.2) is 0 Å². The number of nitrogens with one attached hydrogen (secondary N) is 1. The van der Waals surface area contributed by atoms with Crippen molar-refractivity contribution in [2.45, 2.75) is 366 Å². The largest absolute Gasteiger partial charge is 0.756 e. The predicted molar refractivity (Wildman–Crippen MR) is 344 cm³/mol. The molecule has 0 aliphatic heterocycles. The monoisotopic (exact) mass is 1130 g/mol. The second-order valence-electron chi connectivity index (χ2n) is 25.2. The third kappa shape index (κ3) is 64.1. The van der Waals surface area contributed by atoms with E-state index in [-0.39, 0.29) is 19.1 Å². The quantitative estimate of drug-likeness (QED) is 0.0272. The molecule has 0 saturated heterocycles. The van der Waals surface area contributed by atoms with Gasteiger partial charge in [0.2, 0.25) is 5.91 Å². The highest BCUT2D eigenvalue weighted by Crippen LogP contribution is 2.38. The lowest BCUT2D eigenvalue weighted by Gasteiger charge is -2.30. The zero-order valence-corrected chi connectivity index (χ0v) is 54.5. The molecule has 0 aliphatic carbocycles. The van der Waals surface area contributed by atoms with Crippen molar-refractivity contribution in [3.63, 3.8) is 0 Å². The summed E-state index contributed by atoms with van der Waals surface area (Å²) in [7, 11) is 1.32. The third-order valence-corrected chi connectivity index (χ3v) is 17.1. The van der Waals surface area contributed by atoms with E-state index >= 15 is 0 Å². The molecule has 0 heterocycles. The Labute approximate surface area is 493 Å². The summed E-state index contributed by atoms with van der Waals surface area (Å²) in [6, 6.07) is -0.804. The number of rotatable bonds is 65. The van der Waals surface area contributed by atoms with Gasteiger partial charge in [-0.2, -0.15) is 0 Å². The Morgan fingerprint density at radius 3 is 1.06 bits per heavy atom. The maximum atomic E-state index is 13.1. The van der Waals surface area contributed by atoms with Crippen LogP contribution in [0.15, 0.2) is 36.5 Å². The first-order valence-electron chi connectivity index (χ1n) is 34.8. The fourth-order valence-electron chi connectivity index (χ4n) is 10.7. The Hall–Kier alpha value is -1.28. The van der Waals surface area contributed by atoms with Crippen LogP contribution in [0.25, 0.3) is 0 Å². The van der Waals surface area contributed by atoms with Crippen LogP contribution < -0.4 is 10.2 Å². The number of nitrogens with zero attached hydrogens (tertiary/aromatic N) is 1. The van der Waals surface area contributed by atoms with Crippen LogP contribution in [0, 0.1) is 0 Å². The standard InChI is InChI=1S/C70H137N2O6P/c1-6-8-10-12-14-16-18-20-22-24-26-28-30-32-34-35-36-38-39-41-43-45-47-49-51-53-55-57-59-61-63-69(73)68(67-78-79(75,76)77-66-65-72(3,4)5)71-70(74)64-62-60-58-56-54-52-50-48-46-44-42-40-37-33-31-29-27-25-23-21-19-17-15-13-11-9-7-2/h19,21,25,27,31,33,68-69,73H,6-18,20,22-24,26,28-30,32,34-67H2,1-5H3,(H-,71,74,75,76)/b21-19-,27-25-,33-31-. The molecular formula is C70H137N2O6P. The summed E-state index contributed by atoms with van der Waals surface area (Å²) >= 11 is 0. The first-order valence-corrected chi connectivity index (χ1v) is 36.3. The van der Waals surface area contributed by atoms with E-state index < -0.39 is 20.0 Å². The molecule has 0 rings (SSSR count). The normalized spacial score (nSPS) is 13.9. The number of unbranched alkanes of at least 4 members (excludes halogenated alkanes) is 46. The number of allylic oxidation sites excluding steroid dienone is 6. The number of carbonyl (C=O) groups is 1. The molecule has 0 saturated carbocycles. The molecule has 0 aliphatic rings. The highest BCUT2D eigenvalue weighted by atomic mass is 31.2. The fraction of sp³-hybridized carbons (Fsp3) is 0.900. The zero-order valence-electron chi connectivity index (χ0n) is 53.6. The smallest absolute Gasteiger partial charge is 0.268 e. The molecule has 3 atom stereocenters. The maximum absolute atomic E-state index is 13.1. The molecule has 0 radical (unpaired) electrons. The highest BCUT2D eigenvalue weighted by molar-refractivity contribution is 7.45. The van der Waals surface area contributed by atoms with Crippen molar-refractivity contribution in [3.05, 3.63) is 36.5 Å². The fourth-order valence-corrected chi connectivity index (χ4v) is 11.4. The van der Waals surface area contributed by atoms with Gasteiger partial charge in [0.05, 0.1) is 39.9 Å². The number of hydrogen-bond acceptors (Lipinski definition) is 6. The van der Waals surface area contributed by atoms with Crippen molar-refractivity contribution in [1.29, 1.82) is 0 Å². The Morgan fingerprint density at radius 2 is 0.734 bits per heavy atom.